The molecule has 0 aliphatic rings. The van der Waals surface area contributed by atoms with E-state index in [-0.39, 0.29) is 24.4 Å². The second-order valence-corrected chi connectivity index (χ2v) is 7.47. The Balaban J connectivity index is 1.97. The number of aromatic nitrogens is 3. The second kappa shape index (κ2) is 9.30. The van der Waals surface area contributed by atoms with Crippen molar-refractivity contribution < 1.29 is 9.53 Å². The molecule has 0 aliphatic carbocycles. The van der Waals surface area contributed by atoms with E-state index in [1.807, 2.05) is 13.0 Å². The first-order valence-electron chi connectivity index (χ1n) is 9.19. The van der Waals surface area contributed by atoms with Gasteiger partial charge in [0.25, 0.3) is 5.56 Å². The highest BCUT2D eigenvalue weighted by molar-refractivity contribution is 8.00. The first-order valence-corrected chi connectivity index (χ1v) is 10.1. The topological polar surface area (TPSA) is 113 Å². The zero-order valence-electron chi connectivity index (χ0n) is 16.1. The molecule has 29 heavy (non-hydrogen) atoms. The third-order valence-corrected chi connectivity index (χ3v) is 5.20. The summed E-state index contributed by atoms with van der Waals surface area (Å²) < 4.78 is 6.95. The highest BCUT2D eigenvalue weighted by Gasteiger charge is 2.20. The summed E-state index contributed by atoms with van der Waals surface area (Å²) in [5.74, 6) is 0.490. The highest BCUT2D eigenvalue weighted by Crippen LogP contribution is 2.25. The van der Waals surface area contributed by atoms with Crippen LogP contribution in [0.3, 0.4) is 0 Å². The van der Waals surface area contributed by atoms with Gasteiger partial charge in [-0.25, -0.2) is 4.98 Å². The average Bonchev–Trinajstić information content (AvgIpc) is 3.18. The van der Waals surface area contributed by atoms with Crippen molar-refractivity contribution in [3.8, 4) is 17.5 Å². The molecule has 0 fully saturated rings. The van der Waals surface area contributed by atoms with Crippen LogP contribution in [0.5, 0.6) is 5.75 Å². The lowest BCUT2D eigenvalue weighted by molar-refractivity contribution is -0.120. The lowest BCUT2D eigenvalue weighted by Gasteiger charge is -2.16. The van der Waals surface area contributed by atoms with Gasteiger partial charge in [0.05, 0.1) is 35.6 Å². The van der Waals surface area contributed by atoms with Crippen LogP contribution in [0.25, 0.3) is 16.7 Å². The maximum Gasteiger partial charge on any atom is 0.283 e. The molecule has 9 heteroatoms. The van der Waals surface area contributed by atoms with E-state index in [4.69, 9.17) is 10.00 Å². The van der Waals surface area contributed by atoms with Crippen molar-refractivity contribution in [1.29, 1.82) is 5.26 Å². The van der Waals surface area contributed by atoms with E-state index in [2.05, 4.69) is 15.3 Å². The predicted octanol–water partition coefficient (Wildman–Crippen LogP) is 2.62. The molecule has 3 aromatic rings. The van der Waals surface area contributed by atoms with Crippen LogP contribution < -0.4 is 15.6 Å². The molecule has 3 rings (SSSR count). The van der Waals surface area contributed by atoms with Gasteiger partial charge < -0.3 is 15.0 Å². The summed E-state index contributed by atoms with van der Waals surface area (Å²) in [5, 5.41) is 11.2. The Morgan fingerprint density at radius 2 is 2.14 bits per heavy atom. The lowest BCUT2D eigenvalue weighted by atomic mass is 10.3. The molecule has 150 valence electrons. The highest BCUT2D eigenvalue weighted by atomic mass is 32.2. The first kappa shape index (κ1) is 20.5. The zero-order chi connectivity index (χ0) is 20.8. The predicted molar refractivity (Wildman–Crippen MR) is 111 cm³/mol. The average molecular weight is 411 g/mol. The van der Waals surface area contributed by atoms with E-state index in [0.29, 0.717) is 34.2 Å². The molecule has 1 unspecified atom stereocenters. The van der Waals surface area contributed by atoms with Gasteiger partial charge in [-0.05, 0) is 44.2 Å². The van der Waals surface area contributed by atoms with Crippen LogP contribution in [-0.2, 0) is 4.79 Å². The smallest absolute Gasteiger partial charge is 0.283 e. The summed E-state index contributed by atoms with van der Waals surface area (Å²) in [5.41, 5.74) is 1.32. The monoisotopic (exact) mass is 411 g/mol. The summed E-state index contributed by atoms with van der Waals surface area (Å²) >= 11 is 1.19. The van der Waals surface area contributed by atoms with Crippen molar-refractivity contribution in [2.24, 2.45) is 0 Å². The lowest BCUT2D eigenvalue weighted by Crippen LogP contribution is -2.32. The fraction of sp³-hybridized carbons (Fsp3) is 0.300. The maximum atomic E-state index is 13.1. The molecular weight excluding hydrogens is 390 g/mol. The molecule has 0 spiro atoms. The minimum Gasteiger partial charge on any atom is -0.494 e. The Hall–Kier alpha value is -3.25. The van der Waals surface area contributed by atoms with Crippen molar-refractivity contribution in [2.75, 3.05) is 13.2 Å². The van der Waals surface area contributed by atoms with Crippen LogP contribution in [0.1, 0.15) is 20.3 Å². The quantitative estimate of drug-likeness (QED) is 0.335. The van der Waals surface area contributed by atoms with Crippen molar-refractivity contribution in [2.45, 2.75) is 30.7 Å². The number of carbonyl (C=O) groups excluding carboxylic acids is 1. The number of fused-ring (bicyclic) bond motifs is 1. The number of ether oxygens (including phenoxy) is 1. The number of hydrogen-bond donors (Lipinski definition) is 2. The summed E-state index contributed by atoms with van der Waals surface area (Å²) in [6, 6.07) is 10.9. The molecule has 1 aromatic carbocycles. The van der Waals surface area contributed by atoms with Gasteiger partial charge >= 0.3 is 0 Å². The Labute approximate surface area is 171 Å². The van der Waals surface area contributed by atoms with Gasteiger partial charge in [0.2, 0.25) is 5.91 Å². The molecule has 0 bridgehead atoms. The molecule has 2 heterocycles. The van der Waals surface area contributed by atoms with Gasteiger partial charge in [-0.15, -0.1) is 0 Å². The number of amides is 1. The number of nitrogens with one attached hydrogen (secondary N) is 2. The maximum absolute atomic E-state index is 13.1. The first-order chi connectivity index (χ1) is 14.0. The normalized spacial score (nSPS) is 11.8. The van der Waals surface area contributed by atoms with Gasteiger partial charge in [-0.2, -0.15) is 5.26 Å². The summed E-state index contributed by atoms with van der Waals surface area (Å²) in [6.45, 7) is 4.48. The van der Waals surface area contributed by atoms with Gasteiger partial charge in [-0.1, -0.05) is 11.8 Å². The minimum atomic E-state index is -0.495. The number of rotatable bonds is 8. The molecule has 1 atom stereocenters. The third kappa shape index (κ3) is 4.60. The van der Waals surface area contributed by atoms with Crippen molar-refractivity contribution >= 4 is 28.7 Å². The van der Waals surface area contributed by atoms with Crippen molar-refractivity contribution in [3.05, 3.63) is 46.9 Å². The SMILES string of the molecule is CCOc1ccc(-n2c(SC(C)C(=O)NCCC#N)nc3cc[nH]c3c2=O)cc1. The number of benzene rings is 1. The number of thioether (sulfide) groups is 1. The largest absolute Gasteiger partial charge is 0.494 e. The van der Waals surface area contributed by atoms with Gasteiger partial charge in [0, 0.05) is 12.7 Å². The third-order valence-electron chi connectivity index (χ3n) is 4.14. The van der Waals surface area contributed by atoms with Crippen LogP contribution in [0.15, 0.2) is 46.5 Å². The van der Waals surface area contributed by atoms with Crippen LogP contribution in [0, 0.1) is 11.3 Å². The second-order valence-electron chi connectivity index (χ2n) is 6.16. The van der Waals surface area contributed by atoms with Crippen LogP contribution in [0.2, 0.25) is 0 Å². The van der Waals surface area contributed by atoms with E-state index in [1.54, 1.807) is 43.5 Å². The van der Waals surface area contributed by atoms with Crippen LogP contribution >= 0.6 is 11.8 Å². The van der Waals surface area contributed by atoms with E-state index in [1.165, 1.54) is 16.3 Å². The fourth-order valence-corrected chi connectivity index (χ4v) is 3.69. The van der Waals surface area contributed by atoms with Crippen molar-refractivity contribution in [3.63, 3.8) is 0 Å². The molecule has 0 saturated heterocycles. The van der Waals surface area contributed by atoms with Gasteiger partial charge in [0.1, 0.15) is 11.3 Å². The molecule has 0 saturated carbocycles. The zero-order valence-corrected chi connectivity index (χ0v) is 17.0. The Morgan fingerprint density at radius 1 is 1.38 bits per heavy atom. The van der Waals surface area contributed by atoms with Crippen LogP contribution in [-0.4, -0.2) is 38.8 Å². The number of H-pyrrole nitrogens is 1. The summed E-state index contributed by atoms with van der Waals surface area (Å²) in [4.78, 5) is 32.9. The minimum absolute atomic E-state index is 0.216. The number of hydrogen-bond acceptors (Lipinski definition) is 6. The molecule has 2 aromatic heterocycles. The van der Waals surface area contributed by atoms with Crippen LogP contribution in [0.4, 0.5) is 0 Å². The number of aromatic amines is 1. The summed E-state index contributed by atoms with van der Waals surface area (Å²) in [7, 11) is 0. The fourth-order valence-electron chi connectivity index (χ4n) is 2.74. The van der Waals surface area contributed by atoms with E-state index in [0.717, 1.165) is 0 Å². The Morgan fingerprint density at radius 3 is 2.83 bits per heavy atom. The number of nitrogens with zero attached hydrogens (tertiary/aromatic N) is 3. The Bertz CT molecular complexity index is 1100. The van der Waals surface area contributed by atoms with E-state index >= 15 is 0 Å². The molecule has 1 amide bonds. The van der Waals surface area contributed by atoms with E-state index in [9.17, 15) is 9.59 Å². The molecule has 0 radical (unpaired) electrons. The standard InChI is InChI=1S/C20H21N5O3S/c1-3-28-15-7-5-14(6-8-15)25-19(27)17-16(9-12-22-17)24-20(25)29-13(2)18(26)23-11-4-10-21/h5-9,12-13,22H,3-4,11H2,1-2H3,(H,23,26). The molecule has 0 aliphatic heterocycles. The summed E-state index contributed by atoms with van der Waals surface area (Å²) in [6.07, 6.45) is 1.90. The number of carbonyl (C=O) groups is 1. The molecular formula is C20H21N5O3S. The molecule has 2 N–H and O–H groups in total. The van der Waals surface area contributed by atoms with Crippen molar-refractivity contribution in [1.82, 2.24) is 19.9 Å². The van der Waals surface area contributed by atoms with Gasteiger partial charge in [-0.3, -0.25) is 14.2 Å². The van der Waals surface area contributed by atoms with Gasteiger partial charge in [0.15, 0.2) is 5.16 Å². The molecule has 8 nitrogen and oxygen atoms in total. The Kier molecular flexibility index (Phi) is 6.57. The van der Waals surface area contributed by atoms with E-state index < -0.39 is 5.25 Å². The number of nitriles is 1.